The number of rotatable bonds is 6. The van der Waals surface area contributed by atoms with Crippen molar-refractivity contribution < 1.29 is 0 Å². The lowest BCUT2D eigenvalue weighted by atomic mass is 10.1. The Morgan fingerprint density at radius 3 is 2.42 bits per heavy atom. The van der Waals surface area contributed by atoms with Gasteiger partial charge in [-0.05, 0) is 69.3 Å². The minimum atomic E-state index is 0.380. The molecule has 0 saturated heterocycles. The highest BCUT2D eigenvalue weighted by atomic mass is 32.1. The molecule has 24 heavy (non-hydrogen) atoms. The Hall–Kier alpha value is -1.91. The average Bonchev–Trinajstić information content (AvgIpc) is 2.56. The fourth-order valence-electron chi connectivity index (χ4n) is 2.59. The Morgan fingerprint density at radius 2 is 1.75 bits per heavy atom. The maximum absolute atomic E-state index is 5.47. The first-order valence-corrected chi connectivity index (χ1v) is 8.69. The van der Waals surface area contributed by atoms with Crippen LogP contribution in [0.25, 0.3) is 0 Å². The number of anilines is 1. The van der Waals surface area contributed by atoms with Gasteiger partial charge >= 0.3 is 0 Å². The lowest BCUT2D eigenvalue weighted by molar-refractivity contribution is 0.291. The topological polar surface area (TPSA) is 27.3 Å². The number of hydrogen-bond acceptors (Lipinski definition) is 2. The van der Waals surface area contributed by atoms with Crippen molar-refractivity contribution in [1.29, 1.82) is 0 Å². The van der Waals surface area contributed by atoms with Crippen LogP contribution in [0.5, 0.6) is 0 Å². The second-order valence-electron chi connectivity index (χ2n) is 6.39. The van der Waals surface area contributed by atoms with Crippen LogP contribution < -0.4 is 10.6 Å². The van der Waals surface area contributed by atoms with Crippen LogP contribution in [0, 0.1) is 13.8 Å². The largest absolute Gasteiger partial charge is 0.361 e. The zero-order valence-electron chi connectivity index (χ0n) is 15.0. The fraction of sp³-hybridized carbons (Fsp3) is 0.350. The molecule has 0 spiro atoms. The van der Waals surface area contributed by atoms with Gasteiger partial charge in [0.1, 0.15) is 0 Å². The molecule has 3 nitrogen and oxygen atoms in total. The van der Waals surface area contributed by atoms with E-state index in [1.165, 1.54) is 16.7 Å². The second-order valence-corrected chi connectivity index (χ2v) is 6.80. The summed E-state index contributed by atoms with van der Waals surface area (Å²) in [6.07, 6.45) is 0.993. The highest BCUT2D eigenvalue weighted by molar-refractivity contribution is 7.80. The smallest absolute Gasteiger partial charge is 0.170 e. The molecular formula is C20H27N3S. The van der Waals surface area contributed by atoms with Gasteiger partial charge in [0.2, 0.25) is 0 Å². The quantitative estimate of drug-likeness (QED) is 0.782. The summed E-state index contributed by atoms with van der Waals surface area (Å²) in [5, 5.41) is 7.34. The predicted octanol–water partition coefficient (Wildman–Crippen LogP) is 3.76. The van der Waals surface area contributed by atoms with Gasteiger partial charge in [-0.1, -0.05) is 42.5 Å². The Bertz CT molecular complexity index is 668. The SMILES string of the molecule is Cc1cccc(NC(=S)NC[C@@H](Cc2ccccc2)N(C)C)c1C. The van der Waals surface area contributed by atoms with Crippen LogP contribution >= 0.6 is 12.2 Å². The lowest BCUT2D eigenvalue weighted by Gasteiger charge is -2.25. The van der Waals surface area contributed by atoms with E-state index in [1.54, 1.807) is 0 Å². The van der Waals surface area contributed by atoms with E-state index in [2.05, 4.69) is 85.9 Å². The molecule has 0 aliphatic heterocycles. The van der Waals surface area contributed by atoms with Crippen molar-refractivity contribution >= 4 is 23.0 Å². The predicted molar refractivity (Wildman–Crippen MR) is 108 cm³/mol. The molecule has 2 rings (SSSR count). The van der Waals surface area contributed by atoms with Crippen LogP contribution in [0.3, 0.4) is 0 Å². The molecule has 0 saturated carbocycles. The van der Waals surface area contributed by atoms with Gasteiger partial charge in [0.25, 0.3) is 0 Å². The van der Waals surface area contributed by atoms with E-state index in [9.17, 15) is 0 Å². The van der Waals surface area contributed by atoms with Gasteiger partial charge in [-0.25, -0.2) is 0 Å². The van der Waals surface area contributed by atoms with Crippen LogP contribution in [0.4, 0.5) is 5.69 Å². The van der Waals surface area contributed by atoms with Crippen molar-refractivity contribution in [3.63, 3.8) is 0 Å². The molecule has 0 heterocycles. The van der Waals surface area contributed by atoms with E-state index < -0.39 is 0 Å². The number of nitrogens with one attached hydrogen (secondary N) is 2. The molecular weight excluding hydrogens is 314 g/mol. The maximum atomic E-state index is 5.47. The maximum Gasteiger partial charge on any atom is 0.170 e. The Morgan fingerprint density at radius 1 is 1.04 bits per heavy atom. The lowest BCUT2D eigenvalue weighted by Crippen LogP contribution is -2.42. The summed E-state index contributed by atoms with van der Waals surface area (Å²) in [6, 6.07) is 17.2. The van der Waals surface area contributed by atoms with E-state index in [4.69, 9.17) is 12.2 Å². The molecule has 0 aliphatic rings. The molecule has 2 aromatic rings. The van der Waals surface area contributed by atoms with Gasteiger partial charge in [-0.3, -0.25) is 0 Å². The number of hydrogen-bond donors (Lipinski definition) is 2. The first-order chi connectivity index (χ1) is 11.5. The van der Waals surface area contributed by atoms with Crippen LogP contribution in [0.15, 0.2) is 48.5 Å². The standard InChI is InChI=1S/C20H27N3S/c1-15-9-8-12-19(16(15)2)22-20(24)21-14-18(23(3)4)13-17-10-6-5-7-11-17/h5-12,18H,13-14H2,1-4H3,(H2,21,22,24)/t18-/m1/s1. The molecule has 128 valence electrons. The number of nitrogens with zero attached hydrogens (tertiary/aromatic N) is 1. The van der Waals surface area contributed by atoms with Gasteiger partial charge in [-0.2, -0.15) is 0 Å². The van der Waals surface area contributed by atoms with Gasteiger partial charge in [0.15, 0.2) is 5.11 Å². The van der Waals surface area contributed by atoms with E-state index >= 15 is 0 Å². The number of aryl methyl sites for hydroxylation is 1. The van der Waals surface area contributed by atoms with E-state index in [0.717, 1.165) is 18.7 Å². The summed E-state index contributed by atoms with van der Waals surface area (Å²) in [7, 11) is 4.22. The number of thiocarbonyl (C=S) groups is 1. The number of benzene rings is 2. The average molecular weight is 342 g/mol. The third-order valence-electron chi connectivity index (χ3n) is 4.40. The van der Waals surface area contributed by atoms with Crippen molar-refractivity contribution in [2.75, 3.05) is 26.0 Å². The Kier molecular flexibility index (Phi) is 6.76. The Labute approximate surface area is 151 Å². The molecule has 4 heteroatoms. The van der Waals surface area contributed by atoms with Gasteiger partial charge < -0.3 is 15.5 Å². The summed E-state index contributed by atoms with van der Waals surface area (Å²) >= 11 is 5.47. The van der Waals surface area contributed by atoms with Gasteiger partial charge in [-0.15, -0.1) is 0 Å². The highest BCUT2D eigenvalue weighted by Crippen LogP contribution is 2.17. The summed E-state index contributed by atoms with van der Waals surface area (Å²) in [4.78, 5) is 2.24. The normalized spacial score (nSPS) is 12.0. The molecule has 0 unspecified atom stereocenters. The van der Waals surface area contributed by atoms with Crippen molar-refractivity contribution in [2.45, 2.75) is 26.3 Å². The third-order valence-corrected chi connectivity index (χ3v) is 4.64. The Balaban J connectivity index is 1.91. The highest BCUT2D eigenvalue weighted by Gasteiger charge is 2.13. The molecule has 0 aromatic heterocycles. The van der Waals surface area contributed by atoms with Gasteiger partial charge in [0, 0.05) is 18.3 Å². The van der Waals surface area contributed by atoms with Crippen molar-refractivity contribution in [2.24, 2.45) is 0 Å². The fourth-order valence-corrected chi connectivity index (χ4v) is 2.78. The van der Waals surface area contributed by atoms with E-state index in [-0.39, 0.29) is 0 Å². The molecule has 0 bridgehead atoms. The summed E-state index contributed by atoms with van der Waals surface area (Å²) in [6.45, 7) is 5.02. The van der Waals surface area contributed by atoms with Crippen LogP contribution in [-0.4, -0.2) is 36.7 Å². The summed E-state index contributed by atoms with van der Waals surface area (Å²) < 4.78 is 0. The van der Waals surface area contributed by atoms with Crippen molar-refractivity contribution in [3.05, 3.63) is 65.2 Å². The molecule has 0 fully saturated rings. The van der Waals surface area contributed by atoms with E-state index in [1.807, 2.05) is 6.07 Å². The summed E-state index contributed by atoms with van der Waals surface area (Å²) in [5.74, 6) is 0. The van der Waals surface area contributed by atoms with Crippen LogP contribution in [0.2, 0.25) is 0 Å². The molecule has 0 radical (unpaired) electrons. The van der Waals surface area contributed by atoms with Crippen LogP contribution in [0.1, 0.15) is 16.7 Å². The molecule has 2 aromatic carbocycles. The first kappa shape index (κ1) is 18.4. The van der Waals surface area contributed by atoms with Crippen molar-refractivity contribution in [3.8, 4) is 0 Å². The minimum absolute atomic E-state index is 0.380. The second kappa shape index (κ2) is 8.81. The zero-order valence-corrected chi connectivity index (χ0v) is 15.8. The molecule has 1 atom stereocenters. The monoisotopic (exact) mass is 341 g/mol. The third kappa shape index (κ3) is 5.32. The zero-order chi connectivity index (χ0) is 17.5. The molecule has 0 aliphatic carbocycles. The number of likely N-dealkylation sites (N-methyl/N-ethyl adjacent to an activating group) is 1. The van der Waals surface area contributed by atoms with Crippen LogP contribution in [-0.2, 0) is 6.42 Å². The molecule has 2 N–H and O–H groups in total. The summed E-state index contributed by atoms with van der Waals surface area (Å²) in [5.41, 5.74) is 4.90. The minimum Gasteiger partial charge on any atom is -0.361 e. The van der Waals surface area contributed by atoms with E-state index in [0.29, 0.717) is 11.2 Å². The first-order valence-electron chi connectivity index (χ1n) is 8.29. The molecule has 0 amide bonds. The van der Waals surface area contributed by atoms with Gasteiger partial charge in [0.05, 0.1) is 0 Å². The van der Waals surface area contributed by atoms with Crippen molar-refractivity contribution in [1.82, 2.24) is 10.2 Å².